The number of ether oxygens (including phenoxy) is 2. The molecule has 4 rings (SSSR count). The molecule has 1 aliphatic heterocycles. The zero-order chi connectivity index (χ0) is 24.6. The van der Waals surface area contributed by atoms with Gasteiger partial charge in [0.2, 0.25) is 5.28 Å². The lowest BCUT2D eigenvalue weighted by molar-refractivity contribution is -0.0658. The Balaban J connectivity index is 1.57. The molecule has 15 heteroatoms. The summed E-state index contributed by atoms with van der Waals surface area (Å²) in [7, 11) is -4.39. The van der Waals surface area contributed by atoms with Crippen molar-refractivity contribution in [1.29, 1.82) is 0 Å². The first-order valence-corrected chi connectivity index (χ1v) is 12.7. The number of aliphatic hydroxyl groups is 2. The van der Waals surface area contributed by atoms with Gasteiger partial charge in [0.1, 0.15) is 30.5 Å². The van der Waals surface area contributed by atoms with E-state index >= 15 is 0 Å². The van der Waals surface area contributed by atoms with Gasteiger partial charge in [-0.15, -0.1) is 0 Å². The number of nitrogens with zero attached hydrogens (tertiary/aromatic N) is 4. The molecule has 0 radical (unpaired) electrons. The zero-order valence-electron chi connectivity index (χ0n) is 17.7. The number of anilines is 1. The van der Waals surface area contributed by atoms with Gasteiger partial charge < -0.3 is 34.8 Å². The molecule has 0 spiro atoms. The van der Waals surface area contributed by atoms with Gasteiger partial charge >= 0.3 is 7.60 Å². The number of benzene rings is 1. The molecule has 0 bridgehead atoms. The molecule has 5 atom stereocenters. The van der Waals surface area contributed by atoms with E-state index in [1.54, 1.807) is 6.07 Å². The van der Waals surface area contributed by atoms with Crippen molar-refractivity contribution in [3.63, 3.8) is 0 Å². The first-order chi connectivity index (χ1) is 16.0. The number of nitrogens with one attached hydrogen (secondary N) is 1. The summed E-state index contributed by atoms with van der Waals surface area (Å²) in [4.78, 5) is 26.3. The third kappa shape index (κ3) is 5.51. The molecule has 5 N–H and O–H groups in total. The van der Waals surface area contributed by atoms with Gasteiger partial charge in [0, 0.05) is 5.02 Å². The number of hydrogen-bond donors (Lipinski definition) is 5. The number of aliphatic hydroxyl groups excluding tert-OH is 2. The summed E-state index contributed by atoms with van der Waals surface area (Å²) >= 11 is 12.2. The van der Waals surface area contributed by atoms with Gasteiger partial charge in [-0.2, -0.15) is 15.1 Å². The Kier molecular flexibility index (Phi) is 7.44. The minimum Gasteiger partial charge on any atom is -0.387 e. The Labute approximate surface area is 203 Å². The number of aromatic nitrogens is 4. The van der Waals surface area contributed by atoms with Crippen molar-refractivity contribution < 1.29 is 34.0 Å². The average Bonchev–Trinajstić information content (AvgIpc) is 3.29. The van der Waals surface area contributed by atoms with Crippen molar-refractivity contribution in [2.24, 2.45) is 0 Å². The minimum absolute atomic E-state index is 0.0791. The standard InChI is InChI=1S/C19H22Cl2N5O7P/c1-9(10-3-2-4-11(20)5-10)23-16-12-6-22-26(17(12)25-19(21)24-16)18-15(28)14(27)13(33-18)7-32-8-34(29,30)31/h2-6,9,13-15,18,27-28H,7-8H2,1H3,(H,23,24,25)(H2,29,30,31)/t9-,13+,14+,15+,18+/m0/s1. The lowest BCUT2D eigenvalue weighted by Gasteiger charge is -2.17. The lowest BCUT2D eigenvalue weighted by Crippen LogP contribution is -2.34. The average molecular weight is 534 g/mol. The van der Waals surface area contributed by atoms with E-state index in [9.17, 15) is 14.8 Å². The maximum absolute atomic E-state index is 11.0. The van der Waals surface area contributed by atoms with Gasteiger partial charge in [-0.1, -0.05) is 23.7 Å². The highest BCUT2D eigenvalue weighted by molar-refractivity contribution is 7.51. The van der Waals surface area contributed by atoms with Crippen molar-refractivity contribution in [2.75, 3.05) is 18.3 Å². The second-order valence-electron chi connectivity index (χ2n) is 7.80. The summed E-state index contributed by atoms with van der Waals surface area (Å²) in [5.74, 6) is 0.392. The number of hydrogen-bond acceptors (Lipinski definition) is 9. The summed E-state index contributed by atoms with van der Waals surface area (Å²) in [5, 5.41) is 29.4. The van der Waals surface area contributed by atoms with Crippen LogP contribution in [0.5, 0.6) is 0 Å². The predicted octanol–water partition coefficient (Wildman–Crippen LogP) is 2.08. The van der Waals surface area contributed by atoms with Gasteiger partial charge in [0.05, 0.1) is 24.2 Å². The van der Waals surface area contributed by atoms with E-state index in [0.29, 0.717) is 16.2 Å². The molecule has 0 unspecified atom stereocenters. The Morgan fingerprint density at radius 2 is 2.03 bits per heavy atom. The monoisotopic (exact) mass is 533 g/mol. The van der Waals surface area contributed by atoms with Crippen LogP contribution in [0.3, 0.4) is 0 Å². The van der Waals surface area contributed by atoms with E-state index in [0.717, 1.165) is 5.56 Å². The van der Waals surface area contributed by atoms with Crippen LogP contribution in [0.15, 0.2) is 30.5 Å². The van der Waals surface area contributed by atoms with Crippen LogP contribution in [0.4, 0.5) is 5.82 Å². The van der Waals surface area contributed by atoms with E-state index in [-0.39, 0.29) is 23.6 Å². The van der Waals surface area contributed by atoms with Crippen molar-refractivity contribution in [1.82, 2.24) is 19.7 Å². The topological polar surface area (TPSA) is 172 Å². The minimum atomic E-state index is -4.39. The van der Waals surface area contributed by atoms with Crippen molar-refractivity contribution in [3.8, 4) is 0 Å². The van der Waals surface area contributed by atoms with Gasteiger partial charge in [-0.25, -0.2) is 4.68 Å². The van der Waals surface area contributed by atoms with Crippen LogP contribution in [-0.4, -0.2) is 71.0 Å². The maximum atomic E-state index is 11.0. The molecule has 1 fully saturated rings. The molecular weight excluding hydrogens is 512 g/mol. The van der Waals surface area contributed by atoms with Gasteiger partial charge in [-0.3, -0.25) is 4.57 Å². The Bertz CT molecular complexity index is 1220. The molecular formula is C19H22Cl2N5O7P. The first kappa shape index (κ1) is 25.2. The second kappa shape index (κ2) is 10.0. The first-order valence-electron chi connectivity index (χ1n) is 10.1. The Morgan fingerprint density at radius 3 is 2.74 bits per heavy atom. The Hall–Kier alpha value is -1.86. The SMILES string of the molecule is C[C@H](Nc1nc(Cl)nc2c1cnn2[C@@H]1O[C@H](COCP(=O)(O)O)[C@@H](O)[C@H]1O)c1cccc(Cl)c1. The van der Waals surface area contributed by atoms with Gasteiger partial charge in [0.15, 0.2) is 11.9 Å². The maximum Gasteiger partial charge on any atom is 0.350 e. The highest BCUT2D eigenvalue weighted by atomic mass is 35.5. The van der Waals surface area contributed by atoms with Crippen LogP contribution in [0.25, 0.3) is 11.0 Å². The molecule has 0 amide bonds. The molecule has 34 heavy (non-hydrogen) atoms. The second-order valence-corrected chi connectivity index (χ2v) is 10.2. The number of rotatable bonds is 8. The van der Waals surface area contributed by atoms with Crippen LogP contribution < -0.4 is 5.32 Å². The number of halogens is 2. The summed E-state index contributed by atoms with van der Waals surface area (Å²) < 4.78 is 22.8. The smallest absolute Gasteiger partial charge is 0.350 e. The van der Waals surface area contributed by atoms with E-state index in [4.69, 9.17) is 42.5 Å². The molecule has 3 heterocycles. The number of fused-ring (bicyclic) bond motifs is 1. The van der Waals surface area contributed by atoms with Gasteiger partial charge in [-0.05, 0) is 36.2 Å². The third-order valence-electron chi connectivity index (χ3n) is 5.25. The predicted molar refractivity (Wildman–Crippen MR) is 123 cm³/mol. The van der Waals surface area contributed by atoms with E-state index < -0.39 is 38.5 Å². The van der Waals surface area contributed by atoms with Crippen molar-refractivity contribution >= 4 is 47.6 Å². The van der Waals surface area contributed by atoms with Crippen LogP contribution in [0.2, 0.25) is 10.3 Å². The summed E-state index contributed by atoms with van der Waals surface area (Å²) in [6.45, 7) is 1.57. The highest BCUT2D eigenvalue weighted by Crippen LogP contribution is 2.36. The largest absolute Gasteiger partial charge is 0.387 e. The molecule has 1 aromatic carbocycles. The molecule has 0 saturated carbocycles. The highest BCUT2D eigenvalue weighted by Gasteiger charge is 2.45. The van der Waals surface area contributed by atoms with Crippen molar-refractivity contribution in [2.45, 2.75) is 37.5 Å². The quantitative estimate of drug-likeness (QED) is 0.212. The molecule has 3 aromatic rings. The molecule has 12 nitrogen and oxygen atoms in total. The van der Waals surface area contributed by atoms with Gasteiger partial charge in [0.25, 0.3) is 0 Å². The Morgan fingerprint density at radius 1 is 1.26 bits per heavy atom. The molecule has 0 aliphatic carbocycles. The van der Waals surface area contributed by atoms with Crippen LogP contribution >= 0.6 is 30.8 Å². The molecule has 1 saturated heterocycles. The summed E-state index contributed by atoms with van der Waals surface area (Å²) in [5.41, 5.74) is 1.16. The molecule has 2 aromatic heterocycles. The fraction of sp³-hybridized carbons (Fsp3) is 0.421. The molecule has 1 aliphatic rings. The summed E-state index contributed by atoms with van der Waals surface area (Å²) in [6, 6.07) is 7.14. The summed E-state index contributed by atoms with van der Waals surface area (Å²) in [6.07, 6.45) is -4.38. The molecule has 184 valence electrons. The van der Waals surface area contributed by atoms with Crippen LogP contribution in [0.1, 0.15) is 24.8 Å². The normalized spacial score (nSPS) is 24.0. The van der Waals surface area contributed by atoms with E-state index in [1.165, 1.54) is 10.9 Å². The van der Waals surface area contributed by atoms with Crippen LogP contribution in [0, 0.1) is 0 Å². The van der Waals surface area contributed by atoms with E-state index in [1.807, 2.05) is 25.1 Å². The van der Waals surface area contributed by atoms with Crippen LogP contribution in [-0.2, 0) is 14.0 Å². The van der Waals surface area contributed by atoms with E-state index in [2.05, 4.69) is 20.4 Å². The fourth-order valence-electron chi connectivity index (χ4n) is 3.62. The third-order valence-corrected chi connectivity index (χ3v) is 6.17. The lowest BCUT2D eigenvalue weighted by atomic mass is 10.1. The zero-order valence-corrected chi connectivity index (χ0v) is 20.1. The van der Waals surface area contributed by atoms with Crippen molar-refractivity contribution in [3.05, 3.63) is 46.3 Å². The fourth-order valence-corrected chi connectivity index (χ4v) is 4.32.